The Hall–Kier alpha value is -2.11. The Morgan fingerprint density at radius 2 is 1.94 bits per heavy atom. The summed E-state index contributed by atoms with van der Waals surface area (Å²) < 4.78 is 14.0. The molecule has 1 unspecified atom stereocenters. The number of nitrogens with zero attached hydrogens (tertiary/aromatic N) is 3. The van der Waals surface area contributed by atoms with E-state index in [-0.39, 0.29) is 19.1 Å². The average molecular weight is 246 g/mol. The zero-order valence-electron chi connectivity index (χ0n) is 10.4. The average Bonchev–Trinajstić information content (AvgIpc) is 2.37. The third-order valence-electron chi connectivity index (χ3n) is 2.76. The second-order valence-corrected chi connectivity index (χ2v) is 3.86. The monoisotopic (exact) mass is 246 g/mol. The number of hydrogen-bond acceptors (Lipinski definition) is 4. The minimum atomic E-state index is -0.417. The van der Waals surface area contributed by atoms with Gasteiger partial charge in [-0.15, -0.1) is 0 Å². The van der Waals surface area contributed by atoms with Crippen LogP contribution < -0.4 is 10.2 Å². The van der Waals surface area contributed by atoms with E-state index in [1.807, 2.05) is 19.1 Å². The smallest absolute Gasteiger partial charge is 0.146 e. The van der Waals surface area contributed by atoms with E-state index in [9.17, 15) is 4.39 Å². The van der Waals surface area contributed by atoms with Crippen molar-refractivity contribution in [2.24, 2.45) is 0 Å². The summed E-state index contributed by atoms with van der Waals surface area (Å²) >= 11 is 0. The van der Waals surface area contributed by atoms with Crippen molar-refractivity contribution < 1.29 is 4.39 Å². The van der Waals surface area contributed by atoms with Crippen LogP contribution in [0.15, 0.2) is 18.2 Å². The van der Waals surface area contributed by atoms with Crippen molar-refractivity contribution in [1.82, 2.24) is 5.32 Å². The van der Waals surface area contributed by atoms with E-state index < -0.39 is 5.82 Å². The molecule has 1 N–H and O–H groups in total. The molecule has 0 amide bonds. The zero-order valence-corrected chi connectivity index (χ0v) is 10.4. The largest absolute Gasteiger partial charge is 0.342 e. The molecule has 1 rings (SSSR count). The molecule has 0 aliphatic heterocycles. The van der Waals surface area contributed by atoms with Crippen molar-refractivity contribution in [2.45, 2.75) is 13.0 Å². The number of para-hydroxylation sites is 1. The molecule has 0 bridgehead atoms. The number of nitriles is 2. The van der Waals surface area contributed by atoms with Crippen LogP contribution in [-0.2, 0) is 0 Å². The fourth-order valence-corrected chi connectivity index (χ4v) is 1.76. The zero-order chi connectivity index (χ0) is 13.5. The van der Waals surface area contributed by atoms with Crippen molar-refractivity contribution in [3.63, 3.8) is 0 Å². The molecule has 94 valence electrons. The molecule has 5 heteroatoms. The van der Waals surface area contributed by atoms with E-state index in [1.54, 1.807) is 19.2 Å². The maximum absolute atomic E-state index is 14.0. The van der Waals surface area contributed by atoms with Crippen molar-refractivity contribution in [2.75, 3.05) is 25.0 Å². The molecule has 0 saturated heterocycles. The molecular formula is C13H15FN4. The molecule has 0 spiro atoms. The SMILES string of the molecule is CNC(C)c1cccc(F)c1N(CC#N)CC#N. The number of nitrogens with one attached hydrogen (secondary N) is 1. The Labute approximate surface area is 106 Å². The van der Waals surface area contributed by atoms with Gasteiger partial charge in [0.25, 0.3) is 0 Å². The molecule has 4 nitrogen and oxygen atoms in total. The normalized spacial score (nSPS) is 11.4. The first-order chi connectivity index (χ1) is 8.65. The highest BCUT2D eigenvalue weighted by Crippen LogP contribution is 2.28. The van der Waals surface area contributed by atoms with Gasteiger partial charge in [-0.05, 0) is 25.6 Å². The van der Waals surface area contributed by atoms with Crippen LogP contribution in [0.5, 0.6) is 0 Å². The van der Waals surface area contributed by atoms with Gasteiger partial charge in [-0.3, -0.25) is 0 Å². The lowest BCUT2D eigenvalue weighted by atomic mass is 10.0. The maximum atomic E-state index is 14.0. The van der Waals surface area contributed by atoms with Gasteiger partial charge in [0, 0.05) is 6.04 Å². The van der Waals surface area contributed by atoms with Crippen LogP contribution in [0, 0.1) is 28.5 Å². The van der Waals surface area contributed by atoms with E-state index in [0.29, 0.717) is 5.69 Å². The molecule has 0 aromatic heterocycles. The summed E-state index contributed by atoms with van der Waals surface area (Å²) in [4.78, 5) is 1.44. The minimum absolute atomic E-state index is 0.0159. The Balaban J connectivity index is 3.27. The van der Waals surface area contributed by atoms with Crippen molar-refractivity contribution >= 4 is 5.69 Å². The molecule has 1 aromatic carbocycles. The first-order valence-electron chi connectivity index (χ1n) is 5.60. The van der Waals surface area contributed by atoms with Crippen molar-refractivity contribution in [3.05, 3.63) is 29.6 Å². The summed E-state index contributed by atoms with van der Waals surface area (Å²) in [6.45, 7) is 1.87. The number of rotatable bonds is 5. The van der Waals surface area contributed by atoms with E-state index in [4.69, 9.17) is 10.5 Å². The Bertz CT molecular complexity index is 471. The molecule has 1 atom stereocenters. The summed E-state index contributed by atoms with van der Waals surface area (Å²) in [5, 5.41) is 20.6. The van der Waals surface area contributed by atoms with Crippen LogP contribution in [0.2, 0.25) is 0 Å². The van der Waals surface area contributed by atoms with Gasteiger partial charge in [-0.2, -0.15) is 10.5 Å². The summed E-state index contributed by atoms with van der Waals surface area (Å²) in [5.41, 5.74) is 1.06. The minimum Gasteiger partial charge on any atom is -0.342 e. The standard InChI is InChI=1S/C13H15FN4/c1-10(17-2)11-4-3-5-12(14)13(11)18(8-6-15)9-7-16/h3-5,10,17H,8-9H2,1-2H3. The van der Waals surface area contributed by atoms with Crippen LogP contribution in [-0.4, -0.2) is 20.1 Å². The van der Waals surface area contributed by atoms with Crippen LogP contribution >= 0.6 is 0 Å². The molecule has 0 fully saturated rings. The fraction of sp³-hybridized carbons (Fsp3) is 0.385. The predicted molar refractivity (Wildman–Crippen MR) is 67.3 cm³/mol. The number of benzene rings is 1. The van der Waals surface area contributed by atoms with Crippen LogP contribution in [0.3, 0.4) is 0 Å². The third-order valence-corrected chi connectivity index (χ3v) is 2.76. The molecule has 18 heavy (non-hydrogen) atoms. The summed E-state index contributed by atoms with van der Waals surface area (Å²) in [6, 6.07) is 8.59. The fourth-order valence-electron chi connectivity index (χ4n) is 1.76. The number of halogens is 1. The summed E-state index contributed by atoms with van der Waals surface area (Å²) in [5.74, 6) is -0.417. The van der Waals surface area contributed by atoms with Crippen LogP contribution in [0.25, 0.3) is 0 Å². The first kappa shape index (κ1) is 14.0. The lowest BCUT2D eigenvalue weighted by Gasteiger charge is -2.24. The lowest BCUT2D eigenvalue weighted by molar-refractivity contribution is 0.603. The molecule has 0 aliphatic rings. The topological polar surface area (TPSA) is 62.9 Å². The van der Waals surface area contributed by atoms with Gasteiger partial charge in [-0.1, -0.05) is 12.1 Å². The molecule has 0 heterocycles. The van der Waals surface area contributed by atoms with Gasteiger partial charge in [0.1, 0.15) is 18.9 Å². The maximum Gasteiger partial charge on any atom is 0.146 e. The molecule has 0 aliphatic carbocycles. The highest BCUT2D eigenvalue weighted by molar-refractivity contribution is 5.57. The van der Waals surface area contributed by atoms with E-state index in [1.165, 1.54) is 11.0 Å². The highest BCUT2D eigenvalue weighted by atomic mass is 19.1. The van der Waals surface area contributed by atoms with E-state index in [0.717, 1.165) is 5.56 Å². The van der Waals surface area contributed by atoms with Gasteiger partial charge in [0.05, 0.1) is 17.8 Å². The second-order valence-electron chi connectivity index (χ2n) is 3.86. The van der Waals surface area contributed by atoms with Gasteiger partial charge < -0.3 is 10.2 Å². The number of hydrogen-bond donors (Lipinski definition) is 1. The van der Waals surface area contributed by atoms with Crippen LogP contribution in [0.1, 0.15) is 18.5 Å². The predicted octanol–water partition coefficient (Wildman–Crippen LogP) is 1.96. The second kappa shape index (κ2) is 6.58. The molecule has 0 radical (unpaired) electrons. The third kappa shape index (κ3) is 2.97. The quantitative estimate of drug-likeness (QED) is 0.807. The van der Waals surface area contributed by atoms with Crippen LogP contribution in [0.4, 0.5) is 10.1 Å². The van der Waals surface area contributed by atoms with E-state index in [2.05, 4.69) is 5.32 Å². The number of anilines is 1. The summed E-state index contributed by atoms with van der Waals surface area (Å²) in [7, 11) is 1.78. The van der Waals surface area contributed by atoms with Crippen molar-refractivity contribution in [1.29, 1.82) is 10.5 Å². The van der Waals surface area contributed by atoms with Gasteiger partial charge in [0.2, 0.25) is 0 Å². The summed E-state index contributed by atoms with van der Waals surface area (Å²) in [6.07, 6.45) is 0. The molecule has 1 aromatic rings. The van der Waals surface area contributed by atoms with Gasteiger partial charge in [0.15, 0.2) is 0 Å². The van der Waals surface area contributed by atoms with Gasteiger partial charge in [-0.25, -0.2) is 4.39 Å². The Morgan fingerprint density at radius 1 is 1.33 bits per heavy atom. The van der Waals surface area contributed by atoms with E-state index >= 15 is 0 Å². The molecular weight excluding hydrogens is 231 g/mol. The van der Waals surface area contributed by atoms with Crippen molar-refractivity contribution in [3.8, 4) is 12.1 Å². The van der Waals surface area contributed by atoms with Gasteiger partial charge >= 0.3 is 0 Å². The first-order valence-corrected chi connectivity index (χ1v) is 5.60. The lowest BCUT2D eigenvalue weighted by Crippen LogP contribution is -2.28. The molecule has 0 saturated carbocycles. The highest BCUT2D eigenvalue weighted by Gasteiger charge is 2.18. The Morgan fingerprint density at radius 3 is 2.44 bits per heavy atom. The Kier molecular flexibility index (Phi) is 5.10.